The van der Waals surface area contributed by atoms with Crippen molar-refractivity contribution in [2.45, 2.75) is 39.2 Å². The number of aromatic nitrogens is 4. The van der Waals surface area contributed by atoms with E-state index in [0.717, 1.165) is 18.4 Å². The minimum absolute atomic E-state index is 0.0729. The van der Waals surface area contributed by atoms with E-state index in [1.807, 2.05) is 13.0 Å². The molecule has 1 amide bonds. The van der Waals surface area contributed by atoms with Gasteiger partial charge >= 0.3 is 6.01 Å². The van der Waals surface area contributed by atoms with Crippen LogP contribution in [0.15, 0.2) is 34.9 Å². The molecule has 25 heavy (non-hydrogen) atoms. The Bertz CT molecular complexity index is 912. The zero-order valence-corrected chi connectivity index (χ0v) is 14.0. The van der Waals surface area contributed by atoms with Gasteiger partial charge in [-0.15, -0.1) is 5.10 Å². The molecule has 0 saturated heterocycles. The summed E-state index contributed by atoms with van der Waals surface area (Å²) in [5.41, 5.74) is 3.94. The van der Waals surface area contributed by atoms with Gasteiger partial charge in [0.2, 0.25) is 5.89 Å². The first kappa shape index (κ1) is 15.6. The largest absolute Gasteiger partial charge is 0.403 e. The molecule has 0 spiro atoms. The van der Waals surface area contributed by atoms with Crippen molar-refractivity contribution < 1.29 is 9.21 Å². The maximum absolute atomic E-state index is 12.2. The maximum Gasteiger partial charge on any atom is 0.322 e. The zero-order valence-electron chi connectivity index (χ0n) is 14.0. The van der Waals surface area contributed by atoms with Crippen molar-refractivity contribution in [2.75, 3.05) is 5.32 Å². The average molecular weight is 337 g/mol. The number of hydrogen-bond donors (Lipinski definition) is 1. The van der Waals surface area contributed by atoms with Crippen LogP contribution in [0.1, 0.15) is 41.4 Å². The molecule has 1 N–H and O–H groups in total. The fourth-order valence-corrected chi connectivity index (χ4v) is 3.08. The number of fused-ring (bicyclic) bond motifs is 1. The molecule has 0 unspecified atom stereocenters. The Balaban J connectivity index is 1.51. The number of carbonyl (C=O) groups is 1. The molecule has 1 aliphatic rings. The quantitative estimate of drug-likeness (QED) is 0.790. The summed E-state index contributed by atoms with van der Waals surface area (Å²) in [5, 5.41) is 14.7. The van der Waals surface area contributed by atoms with Gasteiger partial charge in [0.1, 0.15) is 0 Å². The van der Waals surface area contributed by atoms with Crippen LogP contribution in [0.25, 0.3) is 11.5 Å². The van der Waals surface area contributed by atoms with Gasteiger partial charge in [0.25, 0.3) is 5.91 Å². The molecule has 1 aliphatic carbocycles. The summed E-state index contributed by atoms with van der Waals surface area (Å²) in [6.45, 7) is 2.66. The first-order chi connectivity index (χ1) is 12.2. The highest BCUT2D eigenvalue weighted by atomic mass is 16.4. The summed E-state index contributed by atoms with van der Waals surface area (Å²) in [6, 6.07) is 7.95. The molecule has 1 aromatic carbocycles. The Kier molecular flexibility index (Phi) is 4.05. The fourth-order valence-electron chi connectivity index (χ4n) is 3.08. The first-order valence-electron chi connectivity index (χ1n) is 8.53. The van der Waals surface area contributed by atoms with Crippen LogP contribution in [0.2, 0.25) is 0 Å². The second kappa shape index (κ2) is 6.51. The number of nitrogens with zero attached hydrogens (tertiary/aromatic N) is 4. The van der Waals surface area contributed by atoms with Crippen molar-refractivity contribution in [2.24, 2.45) is 0 Å². The van der Waals surface area contributed by atoms with Crippen LogP contribution in [0, 0.1) is 0 Å². The smallest absolute Gasteiger partial charge is 0.322 e. The van der Waals surface area contributed by atoms with Crippen LogP contribution in [-0.4, -0.2) is 25.9 Å². The van der Waals surface area contributed by atoms with Crippen molar-refractivity contribution in [1.29, 1.82) is 0 Å². The third kappa shape index (κ3) is 3.17. The van der Waals surface area contributed by atoms with E-state index in [1.54, 1.807) is 16.9 Å². The summed E-state index contributed by atoms with van der Waals surface area (Å²) < 4.78 is 7.28. The van der Waals surface area contributed by atoms with E-state index in [0.29, 0.717) is 18.1 Å². The van der Waals surface area contributed by atoms with E-state index in [-0.39, 0.29) is 11.9 Å². The molecule has 0 bridgehead atoms. The number of nitrogens with one attached hydrogen (secondary N) is 1. The van der Waals surface area contributed by atoms with Gasteiger partial charge in [0, 0.05) is 18.3 Å². The van der Waals surface area contributed by atoms with Gasteiger partial charge in [-0.2, -0.15) is 5.10 Å². The summed E-state index contributed by atoms with van der Waals surface area (Å²) in [7, 11) is 0. The van der Waals surface area contributed by atoms with Gasteiger partial charge in [0.05, 0.1) is 0 Å². The summed E-state index contributed by atoms with van der Waals surface area (Å²) in [5.74, 6) is 0.0376. The van der Waals surface area contributed by atoms with Gasteiger partial charge in [-0.25, -0.2) is 0 Å². The fraction of sp³-hybridized carbons (Fsp3) is 0.333. The van der Waals surface area contributed by atoms with E-state index in [2.05, 4.69) is 32.7 Å². The number of benzene rings is 1. The molecule has 0 fully saturated rings. The molecular weight excluding hydrogens is 318 g/mol. The lowest BCUT2D eigenvalue weighted by Gasteiger charge is -2.15. The lowest BCUT2D eigenvalue weighted by molar-refractivity contribution is 0.101. The van der Waals surface area contributed by atoms with Crippen LogP contribution in [0.5, 0.6) is 0 Å². The third-order valence-corrected chi connectivity index (χ3v) is 4.44. The van der Waals surface area contributed by atoms with Crippen molar-refractivity contribution in [3.05, 3.63) is 47.3 Å². The molecule has 0 atom stereocenters. The molecule has 4 rings (SSSR count). The van der Waals surface area contributed by atoms with E-state index >= 15 is 0 Å². The normalized spacial score (nSPS) is 13.5. The minimum Gasteiger partial charge on any atom is -0.403 e. The molecule has 3 aromatic rings. The van der Waals surface area contributed by atoms with Gasteiger partial charge in [-0.05, 0) is 61.9 Å². The number of hydrogen-bond acceptors (Lipinski definition) is 5. The highest BCUT2D eigenvalue weighted by Crippen LogP contribution is 2.27. The van der Waals surface area contributed by atoms with Crippen LogP contribution in [-0.2, 0) is 19.4 Å². The Morgan fingerprint density at radius 3 is 2.84 bits per heavy atom. The first-order valence-corrected chi connectivity index (χ1v) is 8.53. The monoisotopic (exact) mass is 337 g/mol. The summed E-state index contributed by atoms with van der Waals surface area (Å²) in [4.78, 5) is 12.2. The Morgan fingerprint density at radius 2 is 2.04 bits per heavy atom. The predicted octanol–water partition coefficient (Wildman–Crippen LogP) is 3.08. The number of aryl methyl sites for hydroxylation is 3. The number of carbonyl (C=O) groups excluding carboxylic acids is 1. The predicted molar refractivity (Wildman–Crippen MR) is 92.2 cm³/mol. The molecule has 0 saturated carbocycles. The molecule has 2 aromatic heterocycles. The molecular formula is C18H19N5O2. The Hall–Kier alpha value is -2.96. The van der Waals surface area contributed by atoms with Gasteiger partial charge in [-0.3, -0.25) is 14.8 Å². The van der Waals surface area contributed by atoms with E-state index in [4.69, 9.17) is 4.42 Å². The Labute approximate surface area is 145 Å². The molecule has 2 heterocycles. The van der Waals surface area contributed by atoms with E-state index in [1.165, 1.54) is 24.0 Å². The van der Waals surface area contributed by atoms with E-state index < -0.39 is 0 Å². The maximum atomic E-state index is 12.2. The van der Waals surface area contributed by atoms with Crippen molar-refractivity contribution in [3.8, 4) is 11.5 Å². The molecule has 0 aliphatic heterocycles. The summed E-state index contributed by atoms with van der Waals surface area (Å²) >= 11 is 0. The number of anilines is 1. The molecule has 0 radical (unpaired) electrons. The van der Waals surface area contributed by atoms with Gasteiger partial charge in [0.15, 0.2) is 5.69 Å². The van der Waals surface area contributed by atoms with Crippen LogP contribution < -0.4 is 5.32 Å². The lowest BCUT2D eigenvalue weighted by atomic mass is 9.90. The number of amides is 1. The zero-order chi connectivity index (χ0) is 17.2. The van der Waals surface area contributed by atoms with E-state index in [9.17, 15) is 4.79 Å². The third-order valence-electron chi connectivity index (χ3n) is 4.44. The van der Waals surface area contributed by atoms with Crippen LogP contribution in [0.3, 0.4) is 0 Å². The Morgan fingerprint density at radius 1 is 1.20 bits per heavy atom. The minimum atomic E-state index is -0.368. The SMILES string of the molecule is CCn1ccc(C(=O)Nc2nnc(-c3ccc4c(c3)CCCC4)o2)n1. The van der Waals surface area contributed by atoms with Crippen LogP contribution >= 0.6 is 0 Å². The second-order valence-electron chi connectivity index (χ2n) is 6.11. The highest BCUT2D eigenvalue weighted by molar-refractivity contribution is 6.01. The van der Waals surface area contributed by atoms with Gasteiger partial charge < -0.3 is 4.42 Å². The second-order valence-corrected chi connectivity index (χ2v) is 6.11. The average Bonchev–Trinajstić information content (AvgIpc) is 3.30. The number of rotatable bonds is 4. The highest BCUT2D eigenvalue weighted by Gasteiger charge is 2.16. The van der Waals surface area contributed by atoms with Crippen molar-refractivity contribution in [3.63, 3.8) is 0 Å². The lowest BCUT2D eigenvalue weighted by Crippen LogP contribution is -2.13. The standard InChI is InChI=1S/C18H19N5O2/c1-2-23-10-9-15(22-23)16(24)19-18-21-20-17(25-18)14-8-7-12-5-3-4-6-13(12)11-14/h7-11H,2-6H2,1H3,(H,19,21,24). The van der Waals surface area contributed by atoms with Gasteiger partial charge in [-0.1, -0.05) is 11.2 Å². The van der Waals surface area contributed by atoms with Crippen LogP contribution in [0.4, 0.5) is 6.01 Å². The van der Waals surface area contributed by atoms with Crippen molar-refractivity contribution >= 4 is 11.9 Å². The van der Waals surface area contributed by atoms with Crippen molar-refractivity contribution in [1.82, 2.24) is 20.0 Å². The topological polar surface area (TPSA) is 85.8 Å². The molecule has 7 heteroatoms. The molecule has 7 nitrogen and oxygen atoms in total. The molecule has 128 valence electrons. The summed E-state index contributed by atoms with van der Waals surface area (Å²) in [6.07, 6.45) is 6.43.